The summed E-state index contributed by atoms with van der Waals surface area (Å²) in [6, 6.07) is 19.6. The number of unbranched alkanes of at least 4 members (excludes halogenated alkanes) is 1. The van der Waals surface area contributed by atoms with Crippen LogP contribution in [0.15, 0.2) is 69.9 Å². The highest BCUT2D eigenvalue weighted by atomic mass is 16.5. The monoisotopic (exact) mass is 583 g/mol. The Hall–Kier alpha value is -4.17. The van der Waals surface area contributed by atoms with Crippen LogP contribution in [-0.4, -0.2) is 28.5 Å². The predicted octanol–water partition coefficient (Wildman–Crippen LogP) is 6.97. The van der Waals surface area contributed by atoms with Gasteiger partial charge >= 0.3 is 11.8 Å². The number of hydrogen-bond donors (Lipinski definition) is 2. The van der Waals surface area contributed by atoms with Gasteiger partial charge in [-0.1, -0.05) is 42.5 Å². The van der Waals surface area contributed by atoms with Crippen LogP contribution in [0.5, 0.6) is 5.75 Å². The molecule has 8 heteroatoms. The number of aryl methyl sites for hydroxylation is 2. The molecule has 0 saturated heterocycles. The molecule has 1 aromatic heterocycles. The largest absolute Gasteiger partial charge is 0.419 e. The van der Waals surface area contributed by atoms with Crippen molar-refractivity contribution in [2.24, 2.45) is 5.73 Å². The summed E-state index contributed by atoms with van der Waals surface area (Å²) in [5.74, 6) is 0.369. The Morgan fingerprint density at radius 3 is 2.47 bits per heavy atom. The average Bonchev–Trinajstić information content (AvgIpc) is 3.29. The third kappa shape index (κ3) is 7.25. The quantitative estimate of drug-likeness (QED) is 0.154. The van der Waals surface area contributed by atoms with Gasteiger partial charge in [0.05, 0.1) is 5.52 Å². The second kappa shape index (κ2) is 13.0. The fourth-order valence-electron chi connectivity index (χ4n) is 6.45. The number of oxazole rings is 1. The van der Waals surface area contributed by atoms with Gasteiger partial charge < -0.3 is 20.2 Å². The zero-order valence-electron chi connectivity index (χ0n) is 25.2. The van der Waals surface area contributed by atoms with Gasteiger partial charge in [0.1, 0.15) is 12.0 Å². The molecular formula is C35H41N3O5. The number of aromatic nitrogens is 1. The number of amides is 1. The van der Waals surface area contributed by atoms with Gasteiger partial charge in [0.15, 0.2) is 5.58 Å². The van der Waals surface area contributed by atoms with Crippen molar-refractivity contribution in [2.75, 3.05) is 0 Å². The molecule has 8 nitrogen and oxygen atoms in total. The van der Waals surface area contributed by atoms with Gasteiger partial charge in [0.25, 0.3) is 0 Å². The molecule has 1 aliphatic carbocycles. The molecule has 3 aromatic carbocycles. The van der Waals surface area contributed by atoms with Crippen molar-refractivity contribution in [1.29, 1.82) is 0 Å². The lowest BCUT2D eigenvalue weighted by atomic mass is 9.77. The lowest BCUT2D eigenvalue weighted by Crippen LogP contribution is -2.45. The first-order chi connectivity index (χ1) is 20.6. The van der Waals surface area contributed by atoms with Gasteiger partial charge in [0, 0.05) is 34.8 Å². The van der Waals surface area contributed by atoms with Crippen molar-refractivity contribution < 1.29 is 18.7 Å². The summed E-state index contributed by atoms with van der Waals surface area (Å²) in [5.41, 5.74) is 11.3. The van der Waals surface area contributed by atoms with Crippen LogP contribution in [0.25, 0.3) is 22.2 Å². The molecule has 0 atom stereocenters. The van der Waals surface area contributed by atoms with Gasteiger partial charge in [-0.15, -0.1) is 0 Å². The molecule has 0 spiro atoms. The fourth-order valence-corrected chi connectivity index (χ4v) is 6.45. The number of primary amides is 1. The number of ether oxygens (including phenoxy) is 1. The number of nitrogens with one attached hydrogen (secondary N) is 1. The molecule has 1 amide bonds. The third-order valence-corrected chi connectivity index (χ3v) is 8.25. The normalized spacial score (nSPS) is 17.2. The van der Waals surface area contributed by atoms with Crippen LogP contribution in [0.2, 0.25) is 0 Å². The van der Waals surface area contributed by atoms with E-state index in [1.807, 2.05) is 36.4 Å². The van der Waals surface area contributed by atoms with Crippen molar-refractivity contribution >= 4 is 23.5 Å². The Labute approximate surface area is 252 Å². The van der Waals surface area contributed by atoms with E-state index >= 15 is 0 Å². The number of nitrogens with zero attached hydrogens (tertiary/aromatic N) is 1. The van der Waals surface area contributed by atoms with E-state index in [0.717, 1.165) is 73.5 Å². The summed E-state index contributed by atoms with van der Waals surface area (Å²) in [4.78, 5) is 35.9. The SMILES string of the molecule is CC(C)(C)NC1CCC(c2c(CCCCn3c(=O)oc4cc(C=O)ccc43)ccc(-c3ccccc3)c2OC(N)=O)CC1. The van der Waals surface area contributed by atoms with E-state index in [0.29, 0.717) is 35.0 Å². The first kappa shape index (κ1) is 30.3. The van der Waals surface area contributed by atoms with Gasteiger partial charge in [0.2, 0.25) is 0 Å². The van der Waals surface area contributed by atoms with Gasteiger partial charge in [-0.05, 0) is 101 Å². The lowest BCUT2D eigenvalue weighted by molar-refractivity contribution is 0.112. The molecule has 0 aliphatic heterocycles. The number of fused-ring (bicyclic) bond motifs is 1. The highest BCUT2D eigenvalue weighted by molar-refractivity contribution is 5.83. The van der Waals surface area contributed by atoms with E-state index in [1.54, 1.807) is 22.8 Å². The highest BCUT2D eigenvalue weighted by Crippen LogP contribution is 2.45. The van der Waals surface area contributed by atoms with Crippen molar-refractivity contribution in [1.82, 2.24) is 9.88 Å². The van der Waals surface area contributed by atoms with Crippen LogP contribution in [0, 0.1) is 0 Å². The van der Waals surface area contributed by atoms with E-state index < -0.39 is 11.8 Å². The fraction of sp³-hybridized carbons (Fsp3) is 0.400. The van der Waals surface area contributed by atoms with E-state index in [2.05, 4.69) is 32.2 Å². The molecule has 1 heterocycles. The van der Waals surface area contributed by atoms with Crippen molar-refractivity contribution in [3.63, 3.8) is 0 Å². The maximum atomic E-state index is 12.5. The molecule has 226 valence electrons. The number of rotatable bonds is 10. The van der Waals surface area contributed by atoms with Gasteiger partial charge in [-0.25, -0.2) is 9.59 Å². The van der Waals surface area contributed by atoms with Crippen LogP contribution in [0.1, 0.15) is 86.7 Å². The van der Waals surface area contributed by atoms with Crippen LogP contribution in [-0.2, 0) is 13.0 Å². The molecule has 4 aromatic rings. The van der Waals surface area contributed by atoms with Crippen molar-refractivity contribution in [3.05, 3.63) is 87.9 Å². The molecule has 43 heavy (non-hydrogen) atoms. The molecule has 3 N–H and O–H groups in total. The molecular weight excluding hydrogens is 542 g/mol. The molecule has 0 radical (unpaired) electrons. The van der Waals surface area contributed by atoms with Gasteiger partial charge in [-0.3, -0.25) is 9.36 Å². The van der Waals surface area contributed by atoms with Gasteiger partial charge in [-0.2, -0.15) is 0 Å². The molecule has 1 aliphatic rings. The topological polar surface area (TPSA) is 117 Å². The minimum Gasteiger partial charge on any atom is -0.410 e. The second-order valence-corrected chi connectivity index (χ2v) is 12.6. The Morgan fingerprint density at radius 2 is 1.79 bits per heavy atom. The smallest absolute Gasteiger partial charge is 0.410 e. The number of carbonyl (C=O) groups excluding carboxylic acids is 2. The standard InChI is InChI=1S/C35H41N3O5/c1-35(2,3)37-27-16-13-26(14-17-27)31-25(15-18-28(32(31)43-33(36)40)24-9-5-4-6-10-24)11-7-8-20-38-29-19-12-23(22-39)21-30(29)42-34(38)41/h4-6,9-10,12,15,18-19,21-22,26-27,37H,7-8,11,13-14,16-17,20H2,1-3H3,(H2,36,40). The number of carbonyl (C=O) groups is 2. The van der Waals surface area contributed by atoms with E-state index in [4.69, 9.17) is 14.9 Å². The minimum atomic E-state index is -0.817. The molecule has 1 saturated carbocycles. The Bertz CT molecular complexity index is 1640. The van der Waals surface area contributed by atoms with E-state index in [1.165, 1.54) is 0 Å². The summed E-state index contributed by atoms with van der Waals surface area (Å²) in [6.45, 7) is 7.09. The Balaban J connectivity index is 1.41. The number of aldehydes is 1. The second-order valence-electron chi connectivity index (χ2n) is 12.6. The predicted molar refractivity (Wildman–Crippen MR) is 169 cm³/mol. The number of hydrogen-bond acceptors (Lipinski definition) is 6. The zero-order valence-corrected chi connectivity index (χ0v) is 25.2. The summed E-state index contributed by atoms with van der Waals surface area (Å²) in [5, 5.41) is 3.75. The van der Waals surface area contributed by atoms with Crippen LogP contribution in [0.3, 0.4) is 0 Å². The zero-order chi connectivity index (χ0) is 30.6. The first-order valence-electron chi connectivity index (χ1n) is 15.2. The molecule has 5 rings (SSSR count). The number of benzene rings is 3. The maximum absolute atomic E-state index is 12.5. The molecule has 0 unspecified atom stereocenters. The Morgan fingerprint density at radius 1 is 1.05 bits per heavy atom. The van der Waals surface area contributed by atoms with Crippen molar-refractivity contribution in [3.8, 4) is 16.9 Å². The summed E-state index contributed by atoms with van der Waals surface area (Å²) in [6.07, 6.45) is 6.28. The van der Waals surface area contributed by atoms with Crippen LogP contribution in [0.4, 0.5) is 4.79 Å². The minimum absolute atomic E-state index is 0.0508. The van der Waals surface area contributed by atoms with Crippen molar-refractivity contribution in [2.45, 2.75) is 89.8 Å². The third-order valence-electron chi connectivity index (χ3n) is 8.25. The lowest BCUT2D eigenvalue weighted by Gasteiger charge is -2.35. The van der Waals surface area contributed by atoms with E-state index in [-0.39, 0.29) is 11.5 Å². The van der Waals surface area contributed by atoms with Crippen LogP contribution < -0.4 is 21.5 Å². The Kier molecular flexibility index (Phi) is 9.16. The first-order valence-corrected chi connectivity index (χ1v) is 15.2. The summed E-state index contributed by atoms with van der Waals surface area (Å²) >= 11 is 0. The van der Waals surface area contributed by atoms with E-state index in [9.17, 15) is 14.4 Å². The van der Waals surface area contributed by atoms with Crippen LogP contribution >= 0.6 is 0 Å². The number of nitrogens with two attached hydrogens (primary N) is 1. The molecule has 0 bridgehead atoms. The maximum Gasteiger partial charge on any atom is 0.419 e. The molecule has 1 fully saturated rings. The summed E-state index contributed by atoms with van der Waals surface area (Å²) < 4.78 is 12.8. The highest BCUT2D eigenvalue weighted by Gasteiger charge is 2.30. The summed E-state index contributed by atoms with van der Waals surface area (Å²) in [7, 11) is 0. The average molecular weight is 584 g/mol.